The van der Waals surface area contributed by atoms with Crippen LogP contribution in [0.15, 0.2) is 18.7 Å². The first-order valence-electron chi connectivity index (χ1n) is 13.3. The first-order chi connectivity index (χ1) is 15.3. The number of hydrogen-bond acceptors (Lipinski definition) is 0. The Balaban J connectivity index is 0.00000961. The van der Waals surface area contributed by atoms with Crippen LogP contribution in [0.3, 0.4) is 0 Å². The quantitative estimate of drug-likeness (QED) is 0.146. The second-order valence-electron chi connectivity index (χ2n) is 9.08. The minimum absolute atomic E-state index is 0. The van der Waals surface area contributed by atoms with Crippen LogP contribution in [0.5, 0.6) is 0 Å². The maximum Gasteiger partial charge on any atom is 0.243 e. The van der Waals surface area contributed by atoms with Crippen molar-refractivity contribution in [1.82, 2.24) is 4.57 Å². The molecule has 2 nitrogen and oxygen atoms in total. The van der Waals surface area contributed by atoms with Crippen LogP contribution in [0.2, 0.25) is 0 Å². The van der Waals surface area contributed by atoms with Crippen LogP contribution in [0.4, 0.5) is 0 Å². The smallest absolute Gasteiger partial charge is 0.243 e. The Kier molecular flexibility index (Phi) is 23.5. The average molecular weight is 506 g/mol. The standard InChI is InChI=1S/C29H49N2.BrH/c1-3-4-5-6-7-8-9-10-11-12-13-14-15-16-17-18-19-20-21-22-23-24-25-26-31-28-27-30(2)29-31;/h27-29H,3-13,18-26H2,1-2H3;1H/q+1;/p-1. The monoisotopic (exact) mass is 504 g/mol. The van der Waals surface area contributed by atoms with Crippen molar-refractivity contribution in [3.8, 4) is 23.7 Å². The maximum absolute atomic E-state index is 3.23. The summed E-state index contributed by atoms with van der Waals surface area (Å²) in [5.41, 5.74) is 0. The molecule has 0 aliphatic heterocycles. The summed E-state index contributed by atoms with van der Waals surface area (Å²) in [6.45, 7) is 3.43. The lowest BCUT2D eigenvalue weighted by Gasteiger charge is -2.00. The van der Waals surface area contributed by atoms with Gasteiger partial charge in [0, 0.05) is 12.8 Å². The van der Waals surface area contributed by atoms with Crippen LogP contribution in [-0.4, -0.2) is 4.57 Å². The highest BCUT2D eigenvalue weighted by atomic mass is 79.9. The van der Waals surface area contributed by atoms with Crippen molar-refractivity contribution in [1.29, 1.82) is 0 Å². The molecule has 0 fully saturated rings. The molecule has 1 rings (SSSR count). The Bertz CT molecular complexity index is 641. The van der Waals surface area contributed by atoms with E-state index >= 15 is 0 Å². The van der Waals surface area contributed by atoms with E-state index in [1.54, 1.807) is 0 Å². The molecule has 0 amide bonds. The molecule has 182 valence electrons. The van der Waals surface area contributed by atoms with Crippen LogP contribution >= 0.6 is 0 Å². The van der Waals surface area contributed by atoms with E-state index in [1.807, 2.05) is 0 Å². The van der Waals surface area contributed by atoms with Crippen LogP contribution < -0.4 is 21.5 Å². The van der Waals surface area contributed by atoms with Gasteiger partial charge in [0.15, 0.2) is 0 Å². The van der Waals surface area contributed by atoms with Crippen molar-refractivity contribution in [2.45, 2.75) is 135 Å². The van der Waals surface area contributed by atoms with Crippen molar-refractivity contribution >= 4 is 0 Å². The zero-order chi connectivity index (χ0) is 22.2. The van der Waals surface area contributed by atoms with E-state index in [0.717, 1.165) is 19.4 Å². The van der Waals surface area contributed by atoms with E-state index in [-0.39, 0.29) is 17.0 Å². The van der Waals surface area contributed by atoms with E-state index in [4.69, 9.17) is 0 Å². The van der Waals surface area contributed by atoms with Crippen LogP contribution in [0.1, 0.15) is 129 Å². The van der Waals surface area contributed by atoms with E-state index in [2.05, 4.69) is 65.5 Å². The molecular weight excluding hydrogens is 456 g/mol. The highest BCUT2D eigenvalue weighted by molar-refractivity contribution is 5.25. The van der Waals surface area contributed by atoms with Gasteiger partial charge in [-0.1, -0.05) is 102 Å². The number of aromatic nitrogens is 2. The van der Waals surface area contributed by atoms with Crippen LogP contribution in [0.25, 0.3) is 0 Å². The molecule has 1 heterocycles. The molecule has 0 bridgehead atoms. The molecule has 0 saturated heterocycles. The van der Waals surface area contributed by atoms with Crippen molar-refractivity contribution in [2.24, 2.45) is 7.05 Å². The molecule has 0 spiro atoms. The minimum Gasteiger partial charge on any atom is -1.00 e. The first-order valence-corrected chi connectivity index (χ1v) is 13.3. The van der Waals surface area contributed by atoms with Crippen LogP contribution in [0, 0.1) is 23.7 Å². The van der Waals surface area contributed by atoms with E-state index in [9.17, 15) is 0 Å². The molecule has 0 saturated carbocycles. The normalized spacial score (nSPS) is 10.1. The maximum atomic E-state index is 3.23. The van der Waals surface area contributed by atoms with Gasteiger partial charge in [-0.15, -0.1) is 0 Å². The van der Waals surface area contributed by atoms with Crippen molar-refractivity contribution in [3.63, 3.8) is 0 Å². The van der Waals surface area contributed by atoms with Gasteiger partial charge in [0.1, 0.15) is 12.4 Å². The average Bonchev–Trinajstić information content (AvgIpc) is 3.19. The van der Waals surface area contributed by atoms with Gasteiger partial charge < -0.3 is 17.0 Å². The van der Waals surface area contributed by atoms with Gasteiger partial charge in [0.25, 0.3) is 0 Å². The molecular formula is C29H49BrN2. The summed E-state index contributed by atoms with van der Waals surface area (Å²) in [4.78, 5) is 0. The molecule has 1 aromatic heterocycles. The lowest BCUT2D eigenvalue weighted by Crippen LogP contribution is -3.00. The van der Waals surface area contributed by atoms with Gasteiger partial charge in [-0.3, -0.25) is 0 Å². The number of aryl methyl sites for hydroxylation is 2. The second kappa shape index (κ2) is 24.5. The third kappa shape index (κ3) is 20.7. The summed E-state index contributed by atoms with van der Waals surface area (Å²) in [5, 5.41) is 0. The summed E-state index contributed by atoms with van der Waals surface area (Å²) in [6, 6.07) is 0. The SMILES string of the molecule is CCCCCCCCCCCCC#CC#CCCCCCCCCCn1cc[n+](C)c1.[Br-]. The summed E-state index contributed by atoms with van der Waals surface area (Å²) in [5.74, 6) is 12.5. The van der Waals surface area contributed by atoms with E-state index in [1.165, 1.54) is 109 Å². The lowest BCUT2D eigenvalue weighted by atomic mass is 10.1. The molecule has 0 radical (unpaired) electrons. The number of imidazole rings is 1. The van der Waals surface area contributed by atoms with E-state index < -0.39 is 0 Å². The minimum atomic E-state index is 0. The predicted molar refractivity (Wildman–Crippen MR) is 135 cm³/mol. The highest BCUT2D eigenvalue weighted by Gasteiger charge is 1.99. The van der Waals surface area contributed by atoms with Gasteiger partial charge in [-0.2, -0.15) is 0 Å². The summed E-state index contributed by atoms with van der Waals surface area (Å²) in [6.07, 6.45) is 31.6. The number of halogens is 1. The molecule has 0 aliphatic carbocycles. The number of unbranched alkanes of at least 4 members (excludes halogenated alkanes) is 17. The molecule has 3 heteroatoms. The van der Waals surface area contributed by atoms with Gasteiger partial charge >= 0.3 is 0 Å². The van der Waals surface area contributed by atoms with Crippen molar-refractivity contribution in [2.75, 3.05) is 0 Å². The van der Waals surface area contributed by atoms with Gasteiger partial charge in [0.05, 0.1) is 13.6 Å². The largest absolute Gasteiger partial charge is 1.00 e. The molecule has 0 aliphatic rings. The summed E-state index contributed by atoms with van der Waals surface area (Å²) < 4.78 is 4.38. The Labute approximate surface area is 210 Å². The molecule has 32 heavy (non-hydrogen) atoms. The second-order valence-corrected chi connectivity index (χ2v) is 9.08. The Morgan fingerprint density at radius 3 is 1.50 bits per heavy atom. The third-order valence-electron chi connectivity index (χ3n) is 5.94. The third-order valence-corrected chi connectivity index (χ3v) is 5.94. The van der Waals surface area contributed by atoms with E-state index in [0.29, 0.717) is 0 Å². The van der Waals surface area contributed by atoms with Crippen LogP contribution in [-0.2, 0) is 13.6 Å². The van der Waals surface area contributed by atoms with Gasteiger partial charge in [-0.25, -0.2) is 9.13 Å². The molecule has 0 N–H and O–H groups in total. The summed E-state index contributed by atoms with van der Waals surface area (Å²) >= 11 is 0. The molecule has 0 aromatic carbocycles. The Morgan fingerprint density at radius 1 is 0.625 bits per heavy atom. The zero-order valence-corrected chi connectivity index (χ0v) is 22.7. The van der Waals surface area contributed by atoms with Gasteiger partial charge in [0.2, 0.25) is 6.33 Å². The Morgan fingerprint density at radius 2 is 1.06 bits per heavy atom. The molecule has 1 aromatic rings. The Hall–Kier alpha value is -1.19. The van der Waals surface area contributed by atoms with Crippen molar-refractivity contribution < 1.29 is 21.5 Å². The fourth-order valence-electron chi connectivity index (χ4n) is 3.94. The fourth-order valence-corrected chi connectivity index (χ4v) is 3.94. The number of rotatable bonds is 19. The first kappa shape index (κ1) is 30.8. The van der Waals surface area contributed by atoms with Gasteiger partial charge in [-0.05, 0) is 37.5 Å². The lowest BCUT2D eigenvalue weighted by molar-refractivity contribution is -0.671. The fraction of sp³-hybridized carbons (Fsp3) is 0.759. The van der Waals surface area contributed by atoms with Crippen molar-refractivity contribution in [3.05, 3.63) is 18.7 Å². The number of hydrogen-bond donors (Lipinski definition) is 0. The topological polar surface area (TPSA) is 8.81 Å². The number of nitrogens with zero attached hydrogens (tertiary/aromatic N) is 2. The molecule has 0 unspecified atom stereocenters. The zero-order valence-electron chi connectivity index (χ0n) is 21.1. The predicted octanol–water partition coefficient (Wildman–Crippen LogP) is 4.76. The summed E-state index contributed by atoms with van der Waals surface area (Å²) in [7, 11) is 2.08. The molecule has 0 atom stereocenters. The highest BCUT2D eigenvalue weighted by Crippen LogP contribution is 2.11.